The third kappa shape index (κ3) is 3.29. The summed E-state index contributed by atoms with van der Waals surface area (Å²) in [7, 11) is 0. The normalized spacial score (nSPS) is 10.9. The standard InChI is InChI=1S/C21H19N5O2/c1-14-8-9-15(2)18(10-14)24-19(27)12-25-13-22-20-17(21(25)28)11-23-26(20)16-6-4-3-5-7-16/h3-11,13H,12H2,1-2H3,(H,24,27). The van der Waals surface area contributed by atoms with Crippen molar-refractivity contribution in [3.8, 4) is 5.69 Å². The summed E-state index contributed by atoms with van der Waals surface area (Å²) in [4.78, 5) is 29.6. The van der Waals surface area contributed by atoms with Crippen molar-refractivity contribution in [2.45, 2.75) is 20.4 Å². The fourth-order valence-electron chi connectivity index (χ4n) is 3.03. The van der Waals surface area contributed by atoms with Gasteiger partial charge in [0.05, 0.1) is 11.9 Å². The lowest BCUT2D eigenvalue weighted by Gasteiger charge is -2.10. The van der Waals surface area contributed by atoms with Crippen molar-refractivity contribution in [3.63, 3.8) is 0 Å². The van der Waals surface area contributed by atoms with Crippen molar-refractivity contribution < 1.29 is 4.79 Å². The lowest BCUT2D eigenvalue weighted by Crippen LogP contribution is -2.28. The van der Waals surface area contributed by atoms with Crippen LogP contribution in [0.3, 0.4) is 0 Å². The number of benzene rings is 2. The average molecular weight is 373 g/mol. The second kappa shape index (κ2) is 7.11. The Balaban J connectivity index is 1.61. The Hall–Kier alpha value is -3.74. The summed E-state index contributed by atoms with van der Waals surface area (Å²) in [6, 6.07) is 15.3. The highest BCUT2D eigenvalue weighted by atomic mass is 16.2. The molecular formula is C21H19N5O2. The van der Waals surface area contributed by atoms with E-state index in [2.05, 4.69) is 15.4 Å². The first-order valence-corrected chi connectivity index (χ1v) is 8.88. The monoisotopic (exact) mass is 373 g/mol. The number of carbonyl (C=O) groups is 1. The summed E-state index contributed by atoms with van der Waals surface area (Å²) >= 11 is 0. The summed E-state index contributed by atoms with van der Waals surface area (Å²) in [5, 5.41) is 7.50. The first kappa shape index (κ1) is 17.7. The Labute approximate surface area is 161 Å². The first-order chi connectivity index (χ1) is 13.5. The third-order valence-electron chi connectivity index (χ3n) is 4.54. The van der Waals surface area contributed by atoms with Crippen LogP contribution in [0.15, 0.2) is 65.8 Å². The van der Waals surface area contributed by atoms with E-state index in [4.69, 9.17) is 0 Å². The van der Waals surface area contributed by atoms with E-state index in [1.54, 1.807) is 4.68 Å². The van der Waals surface area contributed by atoms with Gasteiger partial charge in [-0.05, 0) is 43.2 Å². The molecule has 0 bridgehead atoms. The van der Waals surface area contributed by atoms with Crippen LogP contribution in [0.2, 0.25) is 0 Å². The van der Waals surface area contributed by atoms with Crippen molar-refractivity contribution in [3.05, 3.63) is 82.5 Å². The van der Waals surface area contributed by atoms with Gasteiger partial charge in [0, 0.05) is 5.69 Å². The number of rotatable bonds is 4. The number of carbonyl (C=O) groups excluding carboxylic acids is 1. The quantitative estimate of drug-likeness (QED) is 0.596. The number of anilines is 1. The van der Waals surface area contributed by atoms with Crippen LogP contribution < -0.4 is 10.9 Å². The van der Waals surface area contributed by atoms with Crippen molar-refractivity contribution in [1.29, 1.82) is 0 Å². The van der Waals surface area contributed by atoms with Gasteiger partial charge in [0.15, 0.2) is 5.65 Å². The Morgan fingerprint density at radius 2 is 1.89 bits per heavy atom. The van der Waals surface area contributed by atoms with E-state index in [0.29, 0.717) is 11.0 Å². The van der Waals surface area contributed by atoms with Gasteiger partial charge in [0.25, 0.3) is 5.56 Å². The van der Waals surface area contributed by atoms with Crippen LogP contribution in [0.4, 0.5) is 5.69 Å². The van der Waals surface area contributed by atoms with Gasteiger partial charge in [-0.3, -0.25) is 14.2 Å². The predicted molar refractivity (Wildman–Crippen MR) is 108 cm³/mol. The molecule has 7 nitrogen and oxygen atoms in total. The minimum absolute atomic E-state index is 0.119. The maximum absolute atomic E-state index is 12.8. The molecule has 4 rings (SSSR count). The molecule has 0 unspecified atom stereocenters. The van der Waals surface area contributed by atoms with Crippen LogP contribution >= 0.6 is 0 Å². The van der Waals surface area contributed by atoms with Crippen LogP contribution in [-0.2, 0) is 11.3 Å². The number of nitrogens with one attached hydrogen (secondary N) is 1. The van der Waals surface area contributed by atoms with E-state index in [0.717, 1.165) is 22.5 Å². The molecule has 0 aliphatic carbocycles. The second-order valence-electron chi connectivity index (χ2n) is 6.67. The molecule has 1 N–H and O–H groups in total. The summed E-state index contributed by atoms with van der Waals surface area (Å²) in [5.41, 5.74) is 3.72. The van der Waals surface area contributed by atoms with E-state index in [9.17, 15) is 9.59 Å². The first-order valence-electron chi connectivity index (χ1n) is 8.88. The van der Waals surface area contributed by atoms with Crippen LogP contribution in [0.5, 0.6) is 0 Å². The number of aromatic nitrogens is 4. The molecule has 1 amide bonds. The SMILES string of the molecule is Cc1ccc(C)c(NC(=O)Cn2cnc3c(cnn3-c3ccccc3)c2=O)c1. The third-order valence-corrected chi connectivity index (χ3v) is 4.54. The van der Waals surface area contributed by atoms with Gasteiger partial charge >= 0.3 is 0 Å². The highest BCUT2D eigenvalue weighted by Crippen LogP contribution is 2.16. The molecule has 140 valence electrons. The van der Waals surface area contributed by atoms with E-state index >= 15 is 0 Å². The van der Waals surface area contributed by atoms with E-state index in [1.165, 1.54) is 17.1 Å². The summed E-state index contributed by atoms with van der Waals surface area (Å²) in [5.74, 6) is -0.285. The number of hydrogen-bond donors (Lipinski definition) is 1. The Morgan fingerprint density at radius 1 is 1.11 bits per heavy atom. The number of aryl methyl sites for hydroxylation is 2. The fourth-order valence-corrected chi connectivity index (χ4v) is 3.03. The molecular weight excluding hydrogens is 354 g/mol. The molecule has 0 spiro atoms. The molecule has 0 radical (unpaired) electrons. The summed E-state index contributed by atoms with van der Waals surface area (Å²) < 4.78 is 2.90. The molecule has 0 saturated carbocycles. The fraction of sp³-hybridized carbons (Fsp3) is 0.143. The van der Waals surface area contributed by atoms with Crippen molar-refractivity contribution in [2.75, 3.05) is 5.32 Å². The largest absolute Gasteiger partial charge is 0.324 e. The smallest absolute Gasteiger partial charge is 0.264 e. The Bertz CT molecular complexity index is 1220. The molecule has 28 heavy (non-hydrogen) atoms. The number of fused-ring (bicyclic) bond motifs is 1. The van der Waals surface area contributed by atoms with Gasteiger partial charge in [-0.15, -0.1) is 0 Å². The highest BCUT2D eigenvalue weighted by Gasteiger charge is 2.13. The van der Waals surface area contributed by atoms with Crippen LogP contribution in [0, 0.1) is 13.8 Å². The maximum Gasteiger partial charge on any atom is 0.264 e. The lowest BCUT2D eigenvalue weighted by molar-refractivity contribution is -0.116. The van der Waals surface area contributed by atoms with Crippen molar-refractivity contribution in [2.24, 2.45) is 0 Å². The van der Waals surface area contributed by atoms with Crippen molar-refractivity contribution >= 4 is 22.6 Å². The molecule has 0 atom stereocenters. The molecule has 2 heterocycles. The molecule has 0 aliphatic rings. The number of hydrogen-bond acceptors (Lipinski definition) is 4. The van der Waals surface area contributed by atoms with Crippen LogP contribution in [-0.4, -0.2) is 25.2 Å². The number of para-hydroxylation sites is 1. The minimum Gasteiger partial charge on any atom is -0.324 e. The average Bonchev–Trinajstić information content (AvgIpc) is 3.12. The van der Waals surface area contributed by atoms with Gasteiger partial charge in [-0.1, -0.05) is 30.3 Å². The van der Waals surface area contributed by atoms with Crippen LogP contribution in [0.1, 0.15) is 11.1 Å². The topological polar surface area (TPSA) is 81.8 Å². The van der Waals surface area contributed by atoms with Gasteiger partial charge in [0.2, 0.25) is 5.91 Å². The predicted octanol–water partition coefficient (Wildman–Crippen LogP) is 2.84. The molecule has 0 aliphatic heterocycles. The Kier molecular flexibility index (Phi) is 4.49. The molecule has 2 aromatic carbocycles. The minimum atomic E-state index is -0.303. The van der Waals surface area contributed by atoms with E-state index < -0.39 is 0 Å². The van der Waals surface area contributed by atoms with Crippen molar-refractivity contribution in [1.82, 2.24) is 19.3 Å². The zero-order valence-electron chi connectivity index (χ0n) is 15.6. The maximum atomic E-state index is 12.8. The number of amides is 1. The molecule has 0 fully saturated rings. The highest BCUT2D eigenvalue weighted by molar-refractivity contribution is 5.91. The summed E-state index contributed by atoms with van der Waals surface area (Å²) in [6.45, 7) is 3.76. The zero-order valence-corrected chi connectivity index (χ0v) is 15.6. The van der Waals surface area contributed by atoms with E-state index in [-0.39, 0.29) is 18.0 Å². The van der Waals surface area contributed by atoms with Gasteiger partial charge < -0.3 is 5.32 Å². The van der Waals surface area contributed by atoms with Gasteiger partial charge in [-0.25, -0.2) is 9.67 Å². The molecule has 0 saturated heterocycles. The van der Waals surface area contributed by atoms with Gasteiger partial charge in [0.1, 0.15) is 18.3 Å². The molecule has 4 aromatic rings. The van der Waals surface area contributed by atoms with Crippen LogP contribution in [0.25, 0.3) is 16.7 Å². The second-order valence-corrected chi connectivity index (χ2v) is 6.67. The molecule has 7 heteroatoms. The number of nitrogens with zero attached hydrogens (tertiary/aromatic N) is 4. The van der Waals surface area contributed by atoms with Gasteiger partial charge in [-0.2, -0.15) is 5.10 Å². The zero-order chi connectivity index (χ0) is 19.7. The Morgan fingerprint density at radius 3 is 2.68 bits per heavy atom. The summed E-state index contributed by atoms with van der Waals surface area (Å²) in [6.07, 6.45) is 2.87. The molecule has 2 aromatic heterocycles. The van der Waals surface area contributed by atoms with E-state index in [1.807, 2.05) is 62.4 Å². The lowest BCUT2D eigenvalue weighted by atomic mass is 10.1.